The summed E-state index contributed by atoms with van der Waals surface area (Å²) in [5.74, 6) is 0.684. The lowest BCUT2D eigenvalue weighted by Gasteiger charge is -2.18. The molecule has 0 spiro atoms. The van der Waals surface area contributed by atoms with E-state index in [1.165, 1.54) is 19.3 Å². The van der Waals surface area contributed by atoms with E-state index in [2.05, 4.69) is 25.8 Å². The van der Waals surface area contributed by atoms with Crippen LogP contribution in [-0.2, 0) is 0 Å². The molecule has 3 unspecified atom stereocenters. The fourth-order valence-electron chi connectivity index (χ4n) is 1.90. The second-order valence-corrected chi connectivity index (χ2v) is 5.42. The van der Waals surface area contributed by atoms with Gasteiger partial charge in [0.2, 0.25) is 0 Å². The Morgan fingerprint density at radius 1 is 1.54 bits per heavy atom. The lowest BCUT2D eigenvalue weighted by Crippen LogP contribution is -2.17. The summed E-state index contributed by atoms with van der Waals surface area (Å²) >= 11 is 1.72. The van der Waals surface area contributed by atoms with Gasteiger partial charge in [-0.2, -0.15) is 0 Å². The highest BCUT2D eigenvalue weighted by Gasteiger charge is 2.22. The van der Waals surface area contributed by atoms with E-state index in [0.717, 1.165) is 5.17 Å². The molecule has 0 radical (unpaired) electrons. The van der Waals surface area contributed by atoms with Crippen LogP contribution >= 0.6 is 11.8 Å². The minimum absolute atomic E-state index is 0.461. The first-order valence-electron chi connectivity index (χ1n) is 5.13. The second kappa shape index (κ2) is 4.89. The standard InChI is InChI=1S/C10H20N2S/c1-4-5-9-7(2)6-8(3)13-10(11)12-9/h7-9H,4-6H2,1-3H3,(H2,11,12). The monoisotopic (exact) mass is 200 g/mol. The Morgan fingerprint density at radius 3 is 2.85 bits per heavy atom. The molecule has 1 heterocycles. The van der Waals surface area contributed by atoms with Crippen molar-refractivity contribution in [1.29, 1.82) is 0 Å². The number of hydrogen-bond donors (Lipinski definition) is 1. The van der Waals surface area contributed by atoms with Gasteiger partial charge in [0, 0.05) is 5.25 Å². The Labute approximate surface area is 85.4 Å². The van der Waals surface area contributed by atoms with Crippen LogP contribution < -0.4 is 5.73 Å². The van der Waals surface area contributed by atoms with Crippen molar-refractivity contribution in [2.75, 3.05) is 0 Å². The van der Waals surface area contributed by atoms with Gasteiger partial charge in [-0.15, -0.1) is 0 Å². The van der Waals surface area contributed by atoms with Crippen LogP contribution in [0.1, 0.15) is 40.0 Å². The van der Waals surface area contributed by atoms with Crippen molar-refractivity contribution in [3.8, 4) is 0 Å². The molecule has 0 aromatic heterocycles. The first kappa shape index (κ1) is 10.9. The summed E-state index contributed by atoms with van der Waals surface area (Å²) < 4.78 is 0. The van der Waals surface area contributed by atoms with Gasteiger partial charge in [0.1, 0.15) is 0 Å². The Bertz CT molecular complexity index is 191. The van der Waals surface area contributed by atoms with Crippen LogP contribution in [0.15, 0.2) is 4.99 Å². The Kier molecular flexibility index (Phi) is 4.10. The van der Waals surface area contributed by atoms with Gasteiger partial charge in [-0.25, -0.2) is 0 Å². The summed E-state index contributed by atoms with van der Waals surface area (Å²) in [5, 5.41) is 1.41. The van der Waals surface area contributed by atoms with Crippen LogP contribution in [-0.4, -0.2) is 16.5 Å². The van der Waals surface area contributed by atoms with Gasteiger partial charge in [0.25, 0.3) is 0 Å². The van der Waals surface area contributed by atoms with Crippen LogP contribution in [0, 0.1) is 5.92 Å². The molecule has 3 heteroatoms. The summed E-state index contributed by atoms with van der Waals surface area (Å²) in [6.45, 7) is 6.73. The Morgan fingerprint density at radius 2 is 2.23 bits per heavy atom. The molecule has 76 valence electrons. The number of hydrogen-bond acceptors (Lipinski definition) is 3. The minimum atomic E-state index is 0.461. The first-order valence-corrected chi connectivity index (χ1v) is 6.01. The maximum Gasteiger partial charge on any atom is 0.154 e. The fraction of sp³-hybridized carbons (Fsp3) is 0.900. The van der Waals surface area contributed by atoms with Crippen molar-refractivity contribution in [2.24, 2.45) is 16.6 Å². The van der Waals surface area contributed by atoms with Crippen LogP contribution in [0.25, 0.3) is 0 Å². The predicted octanol–water partition coefficient (Wildman–Crippen LogP) is 2.63. The summed E-state index contributed by atoms with van der Waals surface area (Å²) in [5.41, 5.74) is 5.82. The van der Waals surface area contributed by atoms with Gasteiger partial charge >= 0.3 is 0 Å². The third-order valence-corrected chi connectivity index (χ3v) is 3.50. The van der Waals surface area contributed by atoms with Gasteiger partial charge in [0.15, 0.2) is 5.17 Å². The molecular formula is C10H20N2S. The molecule has 2 nitrogen and oxygen atoms in total. The maximum atomic E-state index is 5.82. The third kappa shape index (κ3) is 3.22. The molecular weight excluding hydrogens is 180 g/mol. The van der Waals surface area contributed by atoms with Crippen molar-refractivity contribution < 1.29 is 0 Å². The van der Waals surface area contributed by atoms with Crippen LogP contribution in [0.3, 0.4) is 0 Å². The normalized spacial score (nSPS) is 35.3. The molecule has 13 heavy (non-hydrogen) atoms. The van der Waals surface area contributed by atoms with E-state index < -0.39 is 0 Å². The topological polar surface area (TPSA) is 38.4 Å². The van der Waals surface area contributed by atoms with E-state index in [4.69, 9.17) is 5.73 Å². The maximum absolute atomic E-state index is 5.82. The summed E-state index contributed by atoms with van der Waals surface area (Å²) in [4.78, 5) is 4.55. The molecule has 0 saturated heterocycles. The van der Waals surface area contributed by atoms with E-state index in [1.54, 1.807) is 11.8 Å². The van der Waals surface area contributed by atoms with Gasteiger partial charge in [-0.1, -0.05) is 39.0 Å². The highest BCUT2D eigenvalue weighted by atomic mass is 32.2. The lowest BCUT2D eigenvalue weighted by atomic mass is 9.94. The van der Waals surface area contributed by atoms with Crippen molar-refractivity contribution in [3.05, 3.63) is 0 Å². The summed E-state index contributed by atoms with van der Waals surface area (Å²) in [6, 6.07) is 0.461. The minimum Gasteiger partial charge on any atom is -0.379 e. The SMILES string of the molecule is CCCC1N=C(N)SC(C)CC1C. The molecule has 0 saturated carbocycles. The molecule has 0 aromatic carbocycles. The Hall–Kier alpha value is -0.180. The molecule has 0 aromatic rings. The molecule has 0 bridgehead atoms. The van der Waals surface area contributed by atoms with Crippen LogP contribution in [0.2, 0.25) is 0 Å². The van der Waals surface area contributed by atoms with Gasteiger partial charge in [-0.3, -0.25) is 4.99 Å². The molecule has 1 aliphatic rings. The number of nitrogens with two attached hydrogens (primary N) is 1. The molecule has 1 rings (SSSR count). The number of rotatable bonds is 2. The summed E-state index contributed by atoms with van der Waals surface area (Å²) in [7, 11) is 0. The molecule has 0 aliphatic carbocycles. The zero-order chi connectivity index (χ0) is 9.84. The molecule has 3 atom stereocenters. The average Bonchev–Trinajstić information content (AvgIpc) is 2.12. The smallest absolute Gasteiger partial charge is 0.154 e. The number of amidine groups is 1. The quantitative estimate of drug-likeness (QED) is 0.744. The molecule has 0 fully saturated rings. The van der Waals surface area contributed by atoms with Crippen molar-refractivity contribution in [3.63, 3.8) is 0 Å². The van der Waals surface area contributed by atoms with Gasteiger partial charge < -0.3 is 5.73 Å². The van der Waals surface area contributed by atoms with E-state index in [-0.39, 0.29) is 0 Å². The predicted molar refractivity (Wildman–Crippen MR) is 61.2 cm³/mol. The van der Waals surface area contributed by atoms with E-state index >= 15 is 0 Å². The highest BCUT2D eigenvalue weighted by Crippen LogP contribution is 2.28. The van der Waals surface area contributed by atoms with E-state index in [1.807, 2.05) is 0 Å². The lowest BCUT2D eigenvalue weighted by molar-refractivity contribution is 0.409. The third-order valence-electron chi connectivity index (χ3n) is 2.56. The number of nitrogens with zero attached hydrogens (tertiary/aromatic N) is 1. The fourth-order valence-corrected chi connectivity index (χ4v) is 2.91. The second-order valence-electron chi connectivity index (χ2n) is 3.96. The Balaban J connectivity index is 2.65. The van der Waals surface area contributed by atoms with Crippen LogP contribution in [0.4, 0.5) is 0 Å². The summed E-state index contributed by atoms with van der Waals surface area (Å²) in [6.07, 6.45) is 3.61. The van der Waals surface area contributed by atoms with E-state index in [0.29, 0.717) is 17.2 Å². The molecule has 2 N–H and O–H groups in total. The van der Waals surface area contributed by atoms with Gasteiger partial charge in [0.05, 0.1) is 6.04 Å². The zero-order valence-electron chi connectivity index (χ0n) is 8.79. The highest BCUT2D eigenvalue weighted by molar-refractivity contribution is 8.14. The van der Waals surface area contributed by atoms with Crippen molar-refractivity contribution in [2.45, 2.75) is 51.3 Å². The zero-order valence-corrected chi connectivity index (χ0v) is 9.60. The van der Waals surface area contributed by atoms with Crippen molar-refractivity contribution in [1.82, 2.24) is 0 Å². The van der Waals surface area contributed by atoms with Crippen LogP contribution in [0.5, 0.6) is 0 Å². The number of aliphatic imine (C=N–C) groups is 1. The average molecular weight is 200 g/mol. The molecule has 1 aliphatic heterocycles. The number of thioether (sulfide) groups is 1. The molecule has 0 amide bonds. The first-order chi connectivity index (χ1) is 6.13. The van der Waals surface area contributed by atoms with Gasteiger partial charge in [-0.05, 0) is 18.8 Å². The van der Waals surface area contributed by atoms with Crippen molar-refractivity contribution >= 4 is 16.9 Å². The van der Waals surface area contributed by atoms with E-state index in [9.17, 15) is 0 Å². The largest absolute Gasteiger partial charge is 0.379 e.